The van der Waals surface area contributed by atoms with Crippen molar-refractivity contribution in [2.24, 2.45) is 11.3 Å². The summed E-state index contributed by atoms with van der Waals surface area (Å²) in [5.41, 5.74) is 0.375. The first kappa shape index (κ1) is 12.0. The van der Waals surface area contributed by atoms with Gasteiger partial charge in [0.25, 0.3) is 0 Å². The van der Waals surface area contributed by atoms with Gasteiger partial charge in [-0.1, -0.05) is 20.8 Å². The fraction of sp³-hybridized carbons (Fsp3) is 1.00. The Morgan fingerprint density at radius 1 is 1.43 bits per heavy atom. The molecule has 0 aromatic heterocycles. The molecule has 2 atom stereocenters. The third-order valence-corrected chi connectivity index (χ3v) is 3.73. The number of quaternary nitrogens is 1. The lowest BCUT2D eigenvalue weighted by Gasteiger charge is -2.34. The van der Waals surface area contributed by atoms with Crippen LogP contribution in [0, 0.1) is 11.3 Å². The number of aliphatic hydroxyl groups is 1. The lowest BCUT2D eigenvalue weighted by molar-refractivity contribution is -1.00. The molecule has 0 aromatic carbocycles. The summed E-state index contributed by atoms with van der Waals surface area (Å²) < 4.78 is 0.887. The number of rotatable bonds is 2. The molecule has 1 rings (SSSR count). The van der Waals surface area contributed by atoms with E-state index in [2.05, 4.69) is 39.9 Å². The minimum atomic E-state index is 0.275. The van der Waals surface area contributed by atoms with Crippen molar-refractivity contribution in [1.82, 2.24) is 5.01 Å². The van der Waals surface area contributed by atoms with Gasteiger partial charge in [-0.25, -0.2) is 4.59 Å². The summed E-state index contributed by atoms with van der Waals surface area (Å²) in [6.45, 7) is 10.3. The third-order valence-electron chi connectivity index (χ3n) is 3.73. The highest BCUT2D eigenvalue weighted by Crippen LogP contribution is 2.34. The van der Waals surface area contributed by atoms with Gasteiger partial charge in [-0.3, -0.25) is 0 Å². The van der Waals surface area contributed by atoms with E-state index < -0.39 is 0 Å². The summed E-state index contributed by atoms with van der Waals surface area (Å²) in [6.07, 6.45) is 0. The molecule has 0 radical (unpaired) electrons. The molecular formula is C11H25N2O+. The molecule has 1 fully saturated rings. The Hall–Kier alpha value is -0.120. The summed E-state index contributed by atoms with van der Waals surface area (Å²) in [4.78, 5) is 0. The maximum absolute atomic E-state index is 9.06. The zero-order valence-electron chi connectivity index (χ0n) is 10.2. The number of hydrogen-bond acceptors (Lipinski definition) is 2. The van der Waals surface area contributed by atoms with Crippen molar-refractivity contribution in [3.63, 3.8) is 0 Å². The zero-order valence-corrected chi connectivity index (χ0v) is 10.2. The van der Waals surface area contributed by atoms with E-state index in [1.807, 2.05) is 0 Å². The van der Waals surface area contributed by atoms with Crippen LogP contribution in [-0.2, 0) is 0 Å². The third kappa shape index (κ3) is 2.27. The minimum Gasteiger partial charge on any atom is -0.390 e. The Labute approximate surface area is 87.9 Å². The van der Waals surface area contributed by atoms with Crippen LogP contribution in [-0.4, -0.2) is 55.0 Å². The van der Waals surface area contributed by atoms with Crippen molar-refractivity contribution in [2.75, 3.05) is 40.3 Å². The lowest BCUT2D eigenvalue weighted by atomic mass is 9.81. The van der Waals surface area contributed by atoms with Gasteiger partial charge in [0.15, 0.2) is 0 Å². The fourth-order valence-corrected chi connectivity index (χ4v) is 2.21. The van der Waals surface area contributed by atoms with E-state index in [1.165, 1.54) is 0 Å². The minimum absolute atomic E-state index is 0.275. The van der Waals surface area contributed by atoms with Gasteiger partial charge in [-0.2, -0.15) is 5.01 Å². The normalized spacial score (nSPS) is 35.1. The highest BCUT2D eigenvalue weighted by atomic mass is 16.3. The van der Waals surface area contributed by atoms with Crippen molar-refractivity contribution in [2.45, 2.75) is 20.8 Å². The first-order chi connectivity index (χ1) is 6.29. The van der Waals surface area contributed by atoms with E-state index in [1.54, 1.807) is 0 Å². The summed E-state index contributed by atoms with van der Waals surface area (Å²) >= 11 is 0. The first-order valence-electron chi connectivity index (χ1n) is 5.46. The molecule has 1 N–H and O–H groups in total. The SMILES string of the molecule is CN1CC(C(C)(C)C)C[N+]1(C)CCO. The average Bonchev–Trinajstić information content (AvgIpc) is 2.28. The predicted octanol–water partition coefficient (Wildman–Crippen LogP) is 0.948. The average molecular weight is 201 g/mol. The van der Waals surface area contributed by atoms with Crippen LogP contribution >= 0.6 is 0 Å². The van der Waals surface area contributed by atoms with Crippen molar-refractivity contribution < 1.29 is 9.70 Å². The van der Waals surface area contributed by atoms with Gasteiger partial charge >= 0.3 is 0 Å². The van der Waals surface area contributed by atoms with Gasteiger partial charge in [-0.05, 0) is 5.41 Å². The van der Waals surface area contributed by atoms with Gasteiger partial charge in [0.2, 0.25) is 0 Å². The summed E-state index contributed by atoms with van der Waals surface area (Å²) in [6, 6.07) is 0. The van der Waals surface area contributed by atoms with Crippen molar-refractivity contribution in [3.8, 4) is 0 Å². The van der Waals surface area contributed by atoms with E-state index in [4.69, 9.17) is 5.11 Å². The first-order valence-corrected chi connectivity index (χ1v) is 5.46. The van der Waals surface area contributed by atoms with Crippen molar-refractivity contribution in [1.29, 1.82) is 0 Å². The molecule has 0 aliphatic carbocycles. The quantitative estimate of drug-likeness (QED) is 0.672. The lowest BCUT2D eigenvalue weighted by Crippen LogP contribution is -2.52. The largest absolute Gasteiger partial charge is 0.390 e. The topological polar surface area (TPSA) is 23.5 Å². The van der Waals surface area contributed by atoms with Crippen LogP contribution in [0.1, 0.15) is 20.8 Å². The Morgan fingerprint density at radius 2 is 2.00 bits per heavy atom. The summed E-state index contributed by atoms with van der Waals surface area (Å²) in [7, 11) is 4.36. The van der Waals surface area contributed by atoms with Gasteiger partial charge in [-0.15, -0.1) is 0 Å². The number of aliphatic hydroxyl groups excluding tert-OH is 1. The summed E-state index contributed by atoms with van der Waals surface area (Å²) in [5, 5.41) is 11.4. The molecule has 1 aliphatic heterocycles. The second-order valence-electron chi connectivity index (χ2n) is 5.87. The highest BCUT2D eigenvalue weighted by Gasteiger charge is 2.44. The molecule has 14 heavy (non-hydrogen) atoms. The maximum atomic E-state index is 9.06. The molecule has 0 amide bonds. The monoisotopic (exact) mass is 201 g/mol. The van der Waals surface area contributed by atoms with Crippen LogP contribution in [0.25, 0.3) is 0 Å². The molecule has 0 spiro atoms. The van der Waals surface area contributed by atoms with Gasteiger partial charge < -0.3 is 5.11 Å². The van der Waals surface area contributed by atoms with Gasteiger partial charge in [0.05, 0.1) is 20.2 Å². The van der Waals surface area contributed by atoms with E-state index in [0.29, 0.717) is 5.41 Å². The molecule has 0 aromatic rings. The van der Waals surface area contributed by atoms with Gasteiger partial charge in [0.1, 0.15) is 13.1 Å². The molecular weight excluding hydrogens is 176 g/mol. The Balaban J connectivity index is 2.68. The van der Waals surface area contributed by atoms with Crippen molar-refractivity contribution in [3.05, 3.63) is 0 Å². The molecule has 3 nitrogen and oxygen atoms in total. The standard InChI is InChI=1S/C11H25N2O/c1-11(2,3)10-8-12(4)13(5,9-10)6-7-14/h10,14H,6-9H2,1-5H3/q+1. The Kier molecular flexibility index (Phi) is 3.24. The van der Waals surface area contributed by atoms with Crippen LogP contribution in [0.3, 0.4) is 0 Å². The van der Waals surface area contributed by atoms with Gasteiger partial charge in [0, 0.05) is 13.0 Å². The predicted molar refractivity (Wildman–Crippen MR) is 58.6 cm³/mol. The molecule has 1 aliphatic rings. The molecule has 3 heteroatoms. The second-order valence-corrected chi connectivity index (χ2v) is 5.87. The molecule has 0 saturated carbocycles. The summed E-state index contributed by atoms with van der Waals surface area (Å²) in [5.74, 6) is 0.726. The van der Waals surface area contributed by atoms with Crippen LogP contribution in [0.5, 0.6) is 0 Å². The Bertz CT molecular complexity index is 200. The maximum Gasteiger partial charge on any atom is 0.120 e. The number of nitrogens with zero attached hydrogens (tertiary/aromatic N) is 2. The van der Waals surface area contributed by atoms with Crippen LogP contribution in [0.15, 0.2) is 0 Å². The number of hydrogen-bond donors (Lipinski definition) is 1. The smallest absolute Gasteiger partial charge is 0.120 e. The van der Waals surface area contributed by atoms with Crippen LogP contribution < -0.4 is 0 Å². The van der Waals surface area contributed by atoms with E-state index in [9.17, 15) is 0 Å². The fourth-order valence-electron chi connectivity index (χ4n) is 2.21. The van der Waals surface area contributed by atoms with Crippen LogP contribution in [0.4, 0.5) is 0 Å². The highest BCUT2D eigenvalue weighted by molar-refractivity contribution is 4.78. The molecule has 1 saturated heterocycles. The molecule has 0 bridgehead atoms. The molecule has 2 unspecified atom stereocenters. The molecule has 84 valence electrons. The zero-order chi connectivity index (χ0) is 11.0. The molecule has 1 heterocycles. The van der Waals surface area contributed by atoms with E-state index in [0.717, 1.165) is 30.1 Å². The van der Waals surface area contributed by atoms with Crippen molar-refractivity contribution >= 4 is 0 Å². The van der Waals surface area contributed by atoms with E-state index >= 15 is 0 Å². The van der Waals surface area contributed by atoms with Crippen LogP contribution in [0.2, 0.25) is 0 Å². The second kappa shape index (κ2) is 3.80. The Morgan fingerprint density at radius 3 is 2.36 bits per heavy atom. The number of likely N-dealkylation sites (N-methyl/N-ethyl adjacent to an activating group) is 1. The van der Waals surface area contributed by atoms with E-state index in [-0.39, 0.29) is 6.61 Å².